The maximum Gasteiger partial charge on any atom is 0.261 e. The minimum atomic E-state index is -3.56. The molecule has 0 aliphatic heterocycles. The number of carbonyl (C=O) groups is 1. The molecule has 0 aliphatic carbocycles. The average molecular weight is 429 g/mol. The molecule has 1 amide bonds. The van der Waals surface area contributed by atoms with Crippen LogP contribution in [0.15, 0.2) is 64.5 Å². The van der Waals surface area contributed by atoms with E-state index >= 15 is 0 Å². The minimum Gasteiger partial charge on any atom is -0.325 e. The number of anilines is 1. The number of aromatic nitrogens is 2. The van der Waals surface area contributed by atoms with Crippen molar-refractivity contribution in [1.29, 1.82) is 0 Å². The number of amides is 1. The molecular weight excluding hydrogens is 404 g/mol. The highest BCUT2D eigenvalue weighted by Crippen LogP contribution is 2.18. The van der Waals surface area contributed by atoms with Crippen LogP contribution in [-0.4, -0.2) is 41.8 Å². The van der Waals surface area contributed by atoms with Crippen molar-refractivity contribution >= 4 is 32.5 Å². The smallest absolute Gasteiger partial charge is 0.261 e. The summed E-state index contributed by atoms with van der Waals surface area (Å²) in [5.41, 5.74) is 0.712. The lowest BCUT2D eigenvalue weighted by molar-refractivity contribution is -0.116. The Balaban J connectivity index is 1.69. The summed E-state index contributed by atoms with van der Waals surface area (Å²) in [5.74, 6) is -0.412. The maximum atomic E-state index is 12.6. The molecule has 0 saturated carbocycles. The number of fused-ring (bicyclic) bond motifs is 1. The summed E-state index contributed by atoms with van der Waals surface area (Å²) in [6, 6.07) is 12.9. The Morgan fingerprint density at radius 3 is 2.53 bits per heavy atom. The Bertz CT molecular complexity index is 1200. The van der Waals surface area contributed by atoms with Crippen LogP contribution in [0.4, 0.5) is 5.69 Å². The van der Waals surface area contributed by atoms with Gasteiger partial charge in [0.05, 0.1) is 22.1 Å². The van der Waals surface area contributed by atoms with Crippen molar-refractivity contribution in [2.75, 3.05) is 18.9 Å². The van der Waals surface area contributed by atoms with Gasteiger partial charge in [-0.25, -0.2) is 17.7 Å². The summed E-state index contributed by atoms with van der Waals surface area (Å²) in [4.78, 5) is 29.2. The van der Waals surface area contributed by atoms with Gasteiger partial charge in [0.15, 0.2) is 0 Å². The van der Waals surface area contributed by atoms with Crippen LogP contribution in [0.3, 0.4) is 0 Å². The largest absolute Gasteiger partial charge is 0.325 e. The van der Waals surface area contributed by atoms with Gasteiger partial charge in [-0.1, -0.05) is 25.5 Å². The van der Waals surface area contributed by atoms with E-state index in [9.17, 15) is 18.0 Å². The van der Waals surface area contributed by atoms with E-state index in [4.69, 9.17) is 0 Å². The average Bonchev–Trinajstić information content (AvgIpc) is 2.74. The van der Waals surface area contributed by atoms with Crippen molar-refractivity contribution in [2.24, 2.45) is 0 Å². The van der Waals surface area contributed by atoms with Crippen LogP contribution in [-0.2, 0) is 21.4 Å². The molecule has 3 aromatic rings. The fourth-order valence-electron chi connectivity index (χ4n) is 2.97. The normalized spacial score (nSPS) is 11.7. The molecule has 8 nitrogen and oxygen atoms in total. The highest BCUT2D eigenvalue weighted by atomic mass is 32.2. The predicted molar refractivity (Wildman–Crippen MR) is 116 cm³/mol. The summed E-state index contributed by atoms with van der Waals surface area (Å²) in [7, 11) is -2.01. The van der Waals surface area contributed by atoms with Crippen molar-refractivity contribution in [3.63, 3.8) is 0 Å². The highest BCUT2D eigenvalue weighted by molar-refractivity contribution is 7.89. The van der Waals surface area contributed by atoms with Crippen LogP contribution >= 0.6 is 0 Å². The second kappa shape index (κ2) is 9.19. The second-order valence-electron chi connectivity index (χ2n) is 6.95. The summed E-state index contributed by atoms with van der Waals surface area (Å²) in [5, 5.41) is 3.11. The summed E-state index contributed by atoms with van der Waals surface area (Å²) in [6.07, 6.45) is 3.03. The Morgan fingerprint density at radius 1 is 1.13 bits per heavy atom. The van der Waals surface area contributed by atoms with Crippen molar-refractivity contribution in [3.8, 4) is 0 Å². The maximum absolute atomic E-state index is 12.6. The van der Waals surface area contributed by atoms with E-state index in [2.05, 4.69) is 10.3 Å². The van der Waals surface area contributed by atoms with Crippen LogP contribution in [0.25, 0.3) is 10.9 Å². The van der Waals surface area contributed by atoms with Crippen LogP contribution in [0, 0.1) is 0 Å². The quantitative estimate of drug-likeness (QED) is 0.594. The van der Waals surface area contributed by atoms with Gasteiger partial charge in [0.2, 0.25) is 15.9 Å². The number of benzene rings is 2. The van der Waals surface area contributed by atoms with Crippen LogP contribution in [0.5, 0.6) is 0 Å². The molecule has 1 N–H and O–H groups in total. The molecule has 30 heavy (non-hydrogen) atoms. The van der Waals surface area contributed by atoms with Gasteiger partial charge >= 0.3 is 0 Å². The third-order valence-corrected chi connectivity index (χ3v) is 6.59. The van der Waals surface area contributed by atoms with E-state index in [1.165, 1.54) is 39.5 Å². The van der Waals surface area contributed by atoms with Gasteiger partial charge in [-0.15, -0.1) is 0 Å². The summed E-state index contributed by atoms with van der Waals surface area (Å²) in [6.45, 7) is 2.25. The van der Waals surface area contributed by atoms with Gasteiger partial charge in [0.1, 0.15) is 6.54 Å². The number of nitrogens with zero attached hydrogens (tertiary/aromatic N) is 3. The minimum absolute atomic E-state index is 0.161. The summed E-state index contributed by atoms with van der Waals surface area (Å²) >= 11 is 0. The SMILES string of the molecule is CCCCN(C)S(=O)(=O)c1ccc(NC(=O)Cn2cnc3ccccc3c2=O)cc1. The third kappa shape index (κ3) is 4.74. The first-order valence-electron chi connectivity index (χ1n) is 9.63. The number of hydrogen-bond acceptors (Lipinski definition) is 5. The molecule has 1 aromatic heterocycles. The molecule has 0 spiro atoms. The van der Waals surface area contributed by atoms with Gasteiger partial charge in [0, 0.05) is 19.3 Å². The molecular formula is C21H24N4O4S. The number of hydrogen-bond donors (Lipinski definition) is 1. The molecule has 0 atom stereocenters. The molecule has 0 bridgehead atoms. The monoisotopic (exact) mass is 428 g/mol. The molecule has 158 valence electrons. The van der Waals surface area contributed by atoms with Crippen molar-refractivity contribution in [2.45, 2.75) is 31.2 Å². The van der Waals surface area contributed by atoms with Crippen LogP contribution in [0.1, 0.15) is 19.8 Å². The molecule has 2 aromatic carbocycles. The lowest BCUT2D eigenvalue weighted by Crippen LogP contribution is -2.28. The van der Waals surface area contributed by atoms with Crippen LogP contribution in [0.2, 0.25) is 0 Å². The van der Waals surface area contributed by atoms with Crippen molar-refractivity contribution in [1.82, 2.24) is 13.9 Å². The number of unbranched alkanes of at least 4 members (excludes halogenated alkanes) is 1. The number of rotatable bonds is 8. The van der Waals surface area contributed by atoms with Gasteiger partial charge in [-0.05, 0) is 42.8 Å². The third-order valence-electron chi connectivity index (χ3n) is 4.72. The first kappa shape index (κ1) is 21.7. The Morgan fingerprint density at radius 2 is 1.83 bits per heavy atom. The van der Waals surface area contributed by atoms with Crippen molar-refractivity contribution in [3.05, 3.63) is 65.2 Å². The highest BCUT2D eigenvalue weighted by Gasteiger charge is 2.20. The fraction of sp³-hybridized carbons (Fsp3) is 0.286. The first-order chi connectivity index (χ1) is 14.3. The standard InChI is InChI=1S/C21H24N4O4S/c1-3-4-13-24(2)30(28,29)17-11-9-16(10-12-17)23-20(26)14-25-15-22-19-8-6-5-7-18(19)21(25)27/h5-12,15H,3-4,13-14H2,1-2H3,(H,23,26). The van der Waals surface area contributed by atoms with Gasteiger partial charge in [-0.2, -0.15) is 0 Å². The number of sulfonamides is 1. The van der Waals surface area contributed by atoms with E-state index in [1.807, 2.05) is 6.92 Å². The molecule has 0 radical (unpaired) electrons. The Labute approximate surface area is 175 Å². The lowest BCUT2D eigenvalue weighted by Gasteiger charge is -2.17. The van der Waals surface area contributed by atoms with Gasteiger partial charge < -0.3 is 5.32 Å². The van der Waals surface area contributed by atoms with Gasteiger partial charge in [0.25, 0.3) is 5.56 Å². The Hall–Kier alpha value is -3.04. The number of carbonyl (C=O) groups excluding carboxylic acids is 1. The van der Waals surface area contributed by atoms with E-state index in [0.29, 0.717) is 23.1 Å². The van der Waals surface area contributed by atoms with E-state index in [1.54, 1.807) is 31.3 Å². The van der Waals surface area contributed by atoms with E-state index in [-0.39, 0.29) is 17.0 Å². The summed E-state index contributed by atoms with van der Waals surface area (Å²) < 4.78 is 27.7. The zero-order valence-corrected chi connectivity index (χ0v) is 17.7. The zero-order valence-electron chi connectivity index (χ0n) is 16.9. The first-order valence-corrected chi connectivity index (χ1v) is 11.1. The topological polar surface area (TPSA) is 101 Å². The van der Waals surface area contributed by atoms with Gasteiger partial charge in [-0.3, -0.25) is 14.2 Å². The Kier molecular flexibility index (Phi) is 6.63. The molecule has 9 heteroatoms. The van der Waals surface area contributed by atoms with Crippen LogP contribution < -0.4 is 10.9 Å². The lowest BCUT2D eigenvalue weighted by atomic mass is 10.2. The number of nitrogens with one attached hydrogen (secondary N) is 1. The predicted octanol–water partition coefficient (Wildman–Crippen LogP) is 2.46. The molecule has 0 fully saturated rings. The molecule has 3 rings (SSSR count). The van der Waals surface area contributed by atoms with E-state index in [0.717, 1.165) is 12.8 Å². The molecule has 0 unspecified atom stereocenters. The molecule has 1 heterocycles. The molecule has 0 saturated heterocycles. The fourth-order valence-corrected chi connectivity index (χ4v) is 4.17. The zero-order chi connectivity index (χ0) is 21.7. The molecule has 0 aliphatic rings. The second-order valence-corrected chi connectivity index (χ2v) is 8.99. The van der Waals surface area contributed by atoms with E-state index < -0.39 is 15.9 Å². The van der Waals surface area contributed by atoms with Crippen molar-refractivity contribution < 1.29 is 13.2 Å². The number of para-hydroxylation sites is 1.